The number of rotatable bonds is 6. The molecule has 0 saturated carbocycles. The number of hydrogen-bond acceptors (Lipinski definition) is 4. The summed E-state index contributed by atoms with van der Waals surface area (Å²) in [7, 11) is 0. The van der Waals surface area contributed by atoms with Gasteiger partial charge in [-0.15, -0.1) is 0 Å². The third-order valence-corrected chi connectivity index (χ3v) is 4.99. The summed E-state index contributed by atoms with van der Waals surface area (Å²) in [6, 6.07) is 4.72. The molecule has 1 amide bonds. The quantitative estimate of drug-likeness (QED) is 0.410. The highest BCUT2D eigenvalue weighted by molar-refractivity contribution is 5.92. The van der Waals surface area contributed by atoms with Crippen LogP contribution in [-0.4, -0.2) is 10.9 Å². The van der Waals surface area contributed by atoms with E-state index in [-0.39, 0.29) is 28.5 Å². The molecule has 176 valence electrons. The number of ether oxygens (including phenoxy) is 1. The van der Waals surface area contributed by atoms with Gasteiger partial charge in [0.1, 0.15) is 23.6 Å². The maximum Gasteiger partial charge on any atom is 0.416 e. The normalized spacial score (nSPS) is 12.7. The zero-order valence-electron chi connectivity index (χ0n) is 18.2. The van der Waals surface area contributed by atoms with Crippen molar-refractivity contribution in [3.8, 4) is 11.8 Å². The molecule has 0 saturated heterocycles. The minimum absolute atomic E-state index is 0.134. The van der Waals surface area contributed by atoms with E-state index >= 15 is 0 Å². The number of carbonyl (C=O) groups is 1. The third-order valence-electron chi connectivity index (χ3n) is 4.99. The molecule has 1 atom stereocenters. The number of nitrogens with zero attached hydrogens (tertiary/aromatic N) is 1. The SMILES string of the molecule is Cc1c(F)cc(C(C)NC(=O)c2coc(Oc3cc(C(C)C)cc(C(F)(F)F)c3)n2)cc1F. The van der Waals surface area contributed by atoms with Crippen molar-refractivity contribution in [2.45, 2.75) is 45.8 Å². The Hall–Kier alpha value is -3.43. The van der Waals surface area contributed by atoms with Gasteiger partial charge < -0.3 is 14.5 Å². The van der Waals surface area contributed by atoms with Crippen LogP contribution in [0.25, 0.3) is 0 Å². The van der Waals surface area contributed by atoms with Crippen molar-refractivity contribution in [3.05, 3.63) is 76.2 Å². The summed E-state index contributed by atoms with van der Waals surface area (Å²) >= 11 is 0. The van der Waals surface area contributed by atoms with Crippen molar-refractivity contribution in [1.29, 1.82) is 0 Å². The maximum atomic E-state index is 13.8. The van der Waals surface area contributed by atoms with Gasteiger partial charge >= 0.3 is 12.3 Å². The van der Waals surface area contributed by atoms with Crippen molar-refractivity contribution in [2.24, 2.45) is 0 Å². The second kappa shape index (κ2) is 9.21. The minimum Gasteiger partial charge on any atom is -0.416 e. The lowest BCUT2D eigenvalue weighted by Crippen LogP contribution is -2.27. The predicted molar refractivity (Wildman–Crippen MR) is 109 cm³/mol. The number of alkyl halides is 3. The van der Waals surface area contributed by atoms with E-state index in [4.69, 9.17) is 9.15 Å². The van der Waals surface area contributed by atoms with Crippen LogP contribution in [0.3, 0.4) is 0 Å². The van der Waals surface area contributed by atoms with Gasteiger partial charge in [0.25, 0.3) is 5.91 Å². The van der Waals surface area contributed by atoms with Crippen LogP contribution in [0.4, 0.5) is 22.0 Å². The minimum atomic E-state index is -4.57. The summed E-state index contributed by atoms with van der Waals surface area (Å²) in [5.74, 6) is -2.57. The summed E-state index contributed by atoms with van der Waals surface area (Å²) in [6.07, 6.45) is -4.05. The van der Waals surface area contributed by atoms with Gasteiger partial charge in [-0.25, -0.2) is 8.78 Å². The van der Waals surface area contributed by atoms with E-state index in [9.17, 15) is 26.7 Å². The summed E-state index contributed by atoms with van der Waals surface area (Å²) in [5, 5.41) is 2.52. The van der Waals surface area contributed by atoms with Gasteiger partial charge in [-0.1, -0.05) is 13.8 Å². The van der Waals surface area contributed by atoms with E-state index in [1.807, 2.05) is 0 Å². The lowest BCUT2D eigenvalue weighted by Gasteiger charge is -2.14. The topological polar surface area (TPSA) is 64.4 Å². The van der Waals surface area contributed by atoms with Crippen LogP contribution in [0, 0.1) is 18.6 Å². The van der Waals surface area contributed by atoms with Crippen LogP contribution in [0.1, 0.15) is 65.5 Å². The smallest absolute Gasteiger partial charge is 0.416 e. The Bertz CT molecular complexity index is 1150. The molecule has 3 rings (SSSR count). The number of hydrogen-bond donors (Lipinski definition) is 1. The fourth-order valence-corrected chi connectivity index (χ4v) is 2.96. The van der Waals surface area contributed by atoms with E-state index in [0.29, 0.717) is 5.56 Å². The average Bonchev–Trinajstić information content (AvgIpc) is 3.19. The molecule has 0 aliphatic heterocycles. The molecule has 10 heteroatoms. The lowest BCUT2D eigenvalue weighted by atomic mass is 10.00. The average molecular weight is 468 g/mol. The Morgan fingerprint density at radius 2 is 1.67 bits per heavy atom. The number of amides is 1. The van der Waals surface area contributed by atoms with E-state index < -0.39 is 41.4 Å². The molecule has 33 heavy (non-hydrogen) atoms. The Morgan fingerprint density at radius 1 is 1.03 bits per heavy atom. The van der Waals surface area contributed by atoms with Crippen LogP contribution in [-0.2, 0) is 6.18 Å². The highest BCUT2D eigenvalue weighted by Crippen LogP contribution is 2.35. The van der Waals surface area contributed by atoms with E-state index in [1.165, 1.54) is 19.9 Å². The first-order valence-corrected chi connectivity index (χ1v) is 9.97. The third kappa shape index (κ3) is 5.68. The number of halogens is 5. The van der Waals surface area contributed by atoms with Gasteiger partial charge in [0.05, 0.1) is 11.6 Å². The molecule has 2 aromatic carbocycles. The highest BCUT2D eigenvalue weighted by atomic mass is 19.4. The van der Waals surface area contributed by atoms with Gasteiger partial charge in [0.15, 0.2) is 5.69 Å². The summed E-state index contributed by atoms with van der Waals surface area (Å²) in [6.45, 7) is 6.29. The molecule has 0 aliphatic rings. The molecule has 3 aromatic rings. The Labute approximate surface area is 186 Å². The maximum absolute atomic E-state index is 13.8. The first kappa shape index (κ1) is 24.2. The first-order valence-electron chi connectivity index (χ1n) is 9.97. The van der Waals surface area contributed by atoms with Crippen LogP contribution in [0.5, 0.6) is 11.8 Å². The number of aromatic nitrogens is 1. The zero-order chi connectivity index (χ0) is 24.5. The largest absolute Gasteiger partial charge is 0.416 e. The molecule has 0 spiro atoms. The second-order valence-electron chi connectivity index (χ2n) is 7.85. The molecule has 1 aromatic heterocycles. The molecule has 1 heterocycles. The van der Waals surface area contributed by atoms with Crippen LogP contribution >= 0.6 is 0 Å². The fraction of sp³-hybridized carbons (Fsp3) is 0.304. The molecule has 0 aliphatic carbocycles. The summed E-state index contributed by atoms with van der Waals surface area (Å²) < 4.78 is 77.5. The molecule has 5 nitrogen and oxygen atoms in total. The van der Waals surface area contributed by atoms with E-state index in [0.717, 1.165) is 30.5 Å². The number of carbonyl (C=O) groups excluding carboxylic acids is 1. The van der Waals surface area contributed by atoms with Gasteiger partial charge in [0.2, 0.25) is 0 Å². The van der Waals surface area contributed by atoms with Crippen molar-refractivity contribution >= 4 is 5.91 Å². The molecular formula is C23H21F5N2O3. The van der Waals surface area contributed by atoms with Gasteiger partial charge in [-0.05, 0) is 61.2 Å². The zero-order valence-corrected chi connectivity index (χ0v) is 18.2. The van der Waals surface area contributed by atoms with Crippen molar-refractivity contribution in [2.75, 3.05) is 0 Å². The molecule has 1 unspecified atom stereocenters. The van der Waals surface area contributed by atoms with Crippen molar-refractivity contribution < 1.29 is 35.9 Å². The fourth-order valence-electron chi connectivity index (χ4n) is 2.96. The number of nitrogens with one attached hydrogen (secondary N) is 1. The Morgan fingerprint density at radius 3 is 2.24 bits per heavy atom. The first-order chi connectivity index (χ1) is 15.3. The second-order valence-corrected chi connectivity index (χ2v) is 7.85. The highest BCUT2D eigenvalue weighted by Gasteiger charge is 2.32. The monoisotopic (exact) mass is 468 g/mol. The van der Waals surface area contributed by atoms with Crippen LogP contribution < -0.4 is 10.1 Å². The van der Waals surface area contributed by atoms with Crippen molar-refractivity contribution in [3.63, 3.8) is 0 Å². The van der Waals surface area contributed by atoms with Crippen LogP contribution in [0.15, 0.2) is 41.0 Å². The molecule has 0 radical (unpaired) electrons. The number of benzene rings is 2. The van der Waals surface area contributed by atoms with E-state index in [2.05, 4.69) is 10.3 Å². The Kier molecular flexibility index (Phi) is 6.76. The van der Waals surface area contributed by atoms with E-state index in [1.54, 1.807) is 13.8 Å². The van der Waals surface area contributed by atoms with Crippen molar-refractivity contribution in [1.82, 2.24) is 10.3 Å². The standard InChI is InChI=1S/C23H21F5N2O3/c1-11(2)14-5-16(23(26,27)28)9-17(6-14)33-22-30-20(10-32-22)21(31)29-13(4)15-7-18(24)12(3)19(25)8-15/h5-11,13H,1-4H3,(H,29,31). The molecule has 0 bridgehead atoms. The molecule has 0 fully saturated rings. The Balaban J connectivity index is 1.76. The van der Waals surface area contributed by atoms with Gasteiger partial charge in [0, 0.05) is 5.56 Å². The van der Waals surface area contributed by atoms with Crippen LogP contribution in [0.2, 0.25) is 0 Å². The van der Waals surface area contributed by atoms with Gasteiger partial charge in [-0.2, -0.15) is 18.2 Å². The molecular weight excluding hydrogens is 447 g/mol. The molecule has 1 N–H and O–H groups in total. The predicted octanol–water partition coefficient (Wildman–Crippen LogP) is 6.69. The summed E-state index contributed by atoms with van der Waals surface area (Å²) in [4.78, 5) is 16.3. The van der Waals surface area contributed by atoms with Gasteiger partial charge in [-0.3, -0.25) is 4.79 Å². The summed E-state index contributed by atoms with van der Waals surface area (Å²) in [5.41, 5.74) is -0.642. The number of oxazole rings is 1. The lowest BCUT2D eigenvalue weighted by molar-refractivity contribution is -0.137.